The van der Waals surface area contributed by atoms with Crippen LogP contribution in [-0.4, -0.2) is 27.5 Å². The van der Waals surface area contributed by atoms with Gasteiger partial charge in [0.15, 0.2) is 0 Å². The number of carbonyl (C=O) groups excluding carboxylic acids is 1. The number of ether oxygens (including phenoxy) is 1. The molecule has 0 radical (unpaired) electrons. The van der Waals surface area contributed by atoms with Crippen molar-refractivity contribution in [2.45, 2.75) is 11.8 Å². The zero-order chi connectivity index (χ0) is 18.6. The summed E-state index contributed by atoms with van der Waals surface area (Å²) in [5, 5.41) is 0.302. The molecule has 0 saturated heterocycles. The molecule has 0 aliphatic heterocycles. The number of para-hydroxylation sites is 2. The summed E-state index contributed by atoms with van der Waals surface area (Å²) in [4.78, 5) is 11.4. The van der Waals surface area contributed by atoms with Gasteiger partial charge in [-0.05, 0) is 37.3 Å². The molecule has 2 aromatic carbocycles. The maximum absolute atomic E-state index is 13.0. The van der Waals surface area contributed by atoms with Gasteiger partial charge in [0.25, 0.3) is 10.0 Å². The molecule has 0 atom stereocenters. The third kappa shape index (κ3) is 4.36. The van der Waals surface area contributed by atoms with E-state index in [9.17, 15) is 13.2 Å². The van der Waals surface area contributed by atoms with Crippen LogP contribution in [0.1, 0.15) is 6.92 Å². The predicted octanol–water partition coefficient (Wildman–Crippen LogP) is 3.07. The van der Waals surface area contributed by atoms with Crippen molar-refractivity contribution in [3.8, 4) is 5.75 Å². The first-order valence-corrected chi connectivity index (χ1v) is 9.45. The lowest BCUT2D eigenvalue weighted by molar-refractivity contribution is -0.116. The number of nitrogens with zero attached hydrogens (tertiary/aromatic N) is 1. The monoisotopic (exact) mass is 402 g/mol. The van der Waals surface area contributed by atoms with Crippen LogP contribution in [0.25, 0.3) is 0 Å². The first kappa shape index (κ1) is 19.4. The fourth-order valence-electron chi connectivity index (χ4n) is 2.15. The predicted molar refractivity (Wildman–Crippen MR) is 97.8 cm³/mol. The molecule has 25 heavy (non-hydrogen) atoms. The van der Waals surface area contributed by atoms with Crippen molar-refractivity contribution in [3.05, 3.63) is 52.5 Å². The Morgan fingerprint density at radius 1 is 1.16 bits per heavy atom. The second-order valence-corrected chi connectivity index (χ2v) is 7.63. The molecule has 9 heteroatoms. The normalized spacial score (nSPS) is 11.2. The molecule has 0 aliphatic rings. The third-order valence-corrected chi connectivity index (χ3v) is 5.71. The van der Waals surface area contributed by atoms with Gasteiger partial charge >= 0.3 is 0 Å². The van der Waals surface area contributed by atoms with Crippen LogP contribution in [0.3, 0.4) is 0 Å². The Hall–Kier alpha value is -1.96. The summed E-state index contributed by atoms with van der Waals surface area (Å²) in [5.74, 6) is -0.496. The minimum absolute atomic E-state index is 0.0832. The van der Waals surface area contributed by atoms with E-state index in [4.69, 9.17) is 33.7 Å². The third-order valence-electron chi connectivity index (χ3n) is 3.21. The molecule has 0 aromatic heterocycles. The van der Waals surface area contributed by atoms with Crippen LogP contribution >= 0.6 is 23.2 Å². The van der Waals surface area contributed by atoms with Gasteiger partial charge in [0.2, 0.25) is 5.91 Å². The van der Waals surface area contributed by atoms with Gasteiger partial charge in [-0.25, -0.2) is 8.42 Å². The molecule has 0 heterocycles. The maximum Gasteiger partial charge on any atom is 0.264 e. The molecule has 2 rings (SSSR count). The Morgan fingerprint density at radius 2 is 1.84 bits per heavy atom. The first-order chi connectivity index (χ1) is 11.8. The highest BCUT2D eigenvalue weighted by molar-refractivity contribution is 7.92. The van der Waals surface area contributed by atoms with E-state index in [2.05, 4.69) is 0 Å². The van der Waals surface area contributed by atoms with Gasteiger partial charge in [-0.1, -0.05) is 35.3 Å². The molecule has 0 unspecified atom stereocenters. The molecule has 0 saturated carbocycles. The molecule has 0 aliphatic carbocycles. The summed E-state index contributed by atoms with van der Waals surface area (Å²) in [6.45, 7) is 1.55. The summed E-state index contributed by atoms with van der Waals surface area (Å²) in [6, 6.07) is 10.4. The van der Waals surface area contributed by atoms with E-state index in [1.54, 1.807) is 25.1 Å². The topological polar surface area (TPSA) is 89.7 Å². The number of amides is 1. The number of carbonyl (C=O) groups is 1. The lowest BCUT2D eigenvalue weighted by Crippen LogP contribution is -2.38. The zero-order valence-corrected chi connectivity index (χ0v) is 15.6. The van der Waals surface area contributed by atoms with Gasteiger partial charge < -0.3 is 10.5 Å². The second kappa shape index (κ2) is 7.95. The van der Waals surface area contributed by atoms with Crippen molar-refractivity contribution in [1.29, 1.82) is 0 Å². The van der Waals surface area contributed by atoms with E-state index in [0.717, 1.165) is 4.31 Å². The van der Waals surface area contributed by atoms with Gasteiger partial charge in [0, 0.05) is 0 Å². The smallest absolute Gasteiger partial charge is 0.264 e. The van der Waals surface area contributed by atoms with Crippen molar-refractivity contribution in [3.63, 3.8) is 0 Å². The minimum atomic E-state index is -4.12. The molecule has 2 aromatic rings. The Balaban J connectivity index is 2.60. The second-order valence-electron chi connectivity index (χ2n) is 4.95. The maximum atomic E-state index is 13.0. The molecular formula is C16H16Cl2N2O4S. The number of nitrogens with two attached hydrogens (primary N) is 1. The van der Waals surface area contributed by atoms with Crippen molar-refractivity contribution >= 4 is 44.8 Å². The van der Waals surface area contributed by atoms with Crippen LogP contribution in [0.15, 0.2) is 47.4 Å². The summed E-state index contributed by atoms with van der Waals surface area (Å²) < 4.78 is 32.5. The Kier molecular flexibility index (Phi) is 6.16. The standard InChI is InChI=1S/C16H16Cl2N2O4S/c1-2-24-15-6-4-3-5-14(15)20(10-16(19)21)25(22,23)11-7-8-12(17)13(18)9-11/h3-9H,2,10H2,1H3,(H2,19,21). The number of hydrogen-bond donors (Lipinski definition) is 1. The number of primary amides is 1. The van der Waals surface area contributed by atoms with Gasteiger partial charge in [0.1, 0.15) is 12.3 Å². The number of anilines is 1. The van der Waals surface area contributed by atoms with E-state index in [1.807, 2.05) is 0 Å². The quantitative estimate of drug-likeness (QED) is 0.770. The van der Waals surface area contributed by atoms with Crippen molar-refractivity contribution in [2.75, 3.05) is 17.5 Å². The van der Waals surface area contributed by atoms with Gasteiger partial charge in [-0.2, -0.15) is 0 Å². The lowest BCUT2D eigenvalue weighted by atomic mass is 10.3. The molecule has 0 fully saturated rings. The number of benzene rings is 2. The Bertz CT molecular complexity index is 887. The number of halogens is 2. The molecule has 6 nitrogen and oxygen atoms in total. The summed E-state index contributed by atoms with van der Waals surface area (Å²) in [6.07, 6.45) is 0. The fourth-order valence-corrected chi connectivity index (χ4v) is 3.98. The van der Waals surface area contributed by atoms with Crippen LogP contribution < -0.4 is 14.8 Å². The highest BCUT2D eigenvalue weighted by atomic mass is 35.5. The highest BCUT2D eigenvalue weighted by Crippen LogP contribution is 2.33. The molecule has 0 bridgehead atoms. The van der Waals surface area contributed by atoms with Crippen molar-refractivity contribution < 1.29 is 17.9 Å². The van der Waals surface area contributed by atoms with Crippen LogP contribution in [0.4, 0.5) is 5.69 Å². The largest absolute Gasteiger partial charge is 0.492 e. The summed E-state index contributed by atoms with van der Waals surface area (Å²) in [7, 11) is -4.12. The van der Waals surface area contributed by atoms with Crippen LogP contribution in [0.5, 0.6) is 5.75 Å². The summed E-state index contributed by atoms with van der Waals surface area (Å²) in [5.41, 5.74) is 5.45. The van der Waals surface area contributed by atoms with Crippen LogP contribution in [0.2, 0.25) is 10.0 Å². The van der Waals surface area contributed by atoms with Crippen LogP contribution in [-0.2, 0) is 14.8 Å². The number of sulfonamides is 1. The van der Waals surface area contributed by atoms with Gasteiger partial charge in [0.05, 0.1) is 27.2 Å². The first-order valence-electron chi connectivity index (χ1n) is 7.25. The Morgan fingerprint density at radius 3 is 2.44 bits per heavy atom. The molecule has 0 spiro atoms. The SMILES string of the molecule is CCOc1ccccc1N(CC(N)=O)S(=O)(=O)c1ccc(Cl)c(Cl)c1. The Labute approximate surface area is 156 Å². The van der Waals surface area contributed by atoms with Crippen LogP contribution in [0, 0.1) is 0 Å². The zero-order valence-electron chi connectivity index (χ0n) is 13.3. The van der Waals surface area contributed by atoms with E-state index in [0.29, 0.717) is 12.4 Å². The molecule has 134 valence electrons. The fraction of sp³-hybridized carbons (Fsp3) is 0.188. The average Bonchev–Trinajstić information content (AvgIpc) is 2.56. The lowest BCUT2D eigenvalue weighted by Gasteiger charge is -2.25. The van der Waals surface area contributed by atoms with Gasteiger partial charge in [-0.3, -0.25) is 9.10 Å². The highest BCUT2D eigenvalue weighted by Gasteiger charge is 2.29. The average molecular weight is 403 g/mol. The van der Waals surface area contributed by atoms with Crippen molar-refractivity contribution in [1.82, 2.24) is 0 Å². The molecular weight excluding hydrogens is 387 g/mol. The number of hydrogen-bond acceptors (Lipinski definition) is 4. The number of rotatable bonds is 7. The van der Waals surface area contributed by atoms with E-state index in [1.165, 1.54) is 24.3 Å². The molecule has 1 amide bonds. The van der Waals surface area contributed by atoms with E-state index in [-0.39, 0.29) is 20.6 Å². The molecule has 2 N–H and O–H groups in total. The van der Waals surface area contributed by atoms with E-state index >= 15 is 0 Å². The van der Waals surface area contributed by atoms with E-state index < -0.39 is 22.5 Å². The van der Waals surface area contributed by atoms with Gasteiger partial charge in [-0.15, -0.1) is 0 Å². The minimum Gasteiger partial charge on any atom is -0.492 e. The van der Waals surface area contributed by atoms with Crippen molar-refractivity contribution in [2.24, 2.45) is 5.73 Å². The summed E-state index contributed by atoms with van der Waals surface area (Å²) >= 11 is 11.8.